The Hall–Kier alpha value is -1.20. The fourth-order valence-electron chi connectivity index (χ4n) is 3.44. The second-order valence-electron chi connectivity index (χ2n) is 6.23. The standard InChI is InChI=1S/C17H22F2N2O.ClH/c18-15-11-14(17(22)21-8-2-1-3-9-21)16(19)10-13(15)12-4-6-20-7-5-12;/h10-12,20H,1-9H2;1H. The van der Waals surface area contributed by atoms with Gasteiger partial charge in [-0.05, 0) is 68.8 Å². The highest BCUT2D eigenvalue weighted by molar-refractivity contribution is 5.94. The molecule has 0 aromatic heterocycles. The van der Waals surface area contributed by atoms with Gasteiger partial charge >= 0.3 is 0 Å². The Balaban J connectivity index is 0.00000192. The van der Waals surface area contributed by atoms with Crippen molar-refractivity contribution in [3.63, 3.8) is 0 Å². The number of piperidine rings is 2. The highest BCUT2D eigenvalue weighted by Gasteiger charge is 2.25. The van der Waals surface area contributed by atoms with E-state index in [1.54, 1.807) is 4.90 Å². The monoisotopic (exact) mass is 344 g/mol. The summed E-state index contributed by atoms with van der Waals surface area (Å²) in [4.78, 5) is 14.0. The van der Waals surface area contributed by atoms with Crippen molar-refractivity contribution in [2.45, 2.75) is 38.0 Å². The number of likely N-dealkylation sites (tertiary alicyclic amines) is 1. The summed E-state index contributed by atoms with van der Waals surface area (Å²) in [6, 6.07) is 2.34. The molecule has 1 aromatic rings. The zero-order chi connectivity index (χ0) is 15.5. The van der Waals surface area contributed by atoms with Crippen LogP contribution in [-0.2, 0) is 0 Å². The van der Waals surface area contributed by atoms with Crippen molar-refractivity contribution < 1.29 is 13.6 Å². The number of nitrogens with zero attached hydrogens (tertiary/aromatic N) is 1. The second-order valence-corrected chi connectivity index (χ2v) is 6.23. The van der Waals surface area contributed by atoms with E-state index in [1.165, 1.54) is 6.07 Å². The molecular weight excluding hydrogens is 322 g/mol. The SMILES string of the molecule is Cl.O=C(c1cc(F)c(C2CCNCC2)cc1F)N1CCCCC1. The predicted molar refractivity (Wildman–Crippen MR) is 88.2 cm³/mol. The molecule has 128 valence electrons. The zero-order valence-corrected chi connectivity index (χ0v) is 13.9. The van der Waals surface area contributed by atoms with Gasteiger partial charge < -0.3 is 10.2 Å². The van der Waals surface area contributed by atoms with E-state index in [0.29, 0.717) is 18.7 Å². The first-order valence-electron chi connectivity index (χ1n) is 8.16. The molecule has 0 aliphatic carbocycles. The molecule has 0 unspecified atom stereocenters. The molecule has 0 bridgehead atoms. The molecule has 0 spiro atoms. The van der Waals surface area contributed by atoms with E-state index < -0.39 is 11.6 Å². The predicted octanol–water partition coefficient (Wildman–Crippen LogP) is 3.48. The Labute approximate surface area is 141 Å². The van der Waals surface area contributed by atoms with E-state index in [0.717, 1.165) is 51.3 Å². The summed E-state index contributed by atoms with van der Waals surface area (Å²) in [7, 11) is 0. The maximum atomic E-state index is 14.4. The Bertz CT molecular complexity index is 556. The first-order chi connectivity index (χ1) is 10.7. The van der Waals surface area contributed by atoms with Crippen LogP contribution < -0.4 is 5.32 Å². The van der Waals surface area contributed by atoms with Gasteiger partial charge in [-0.2, -0.15) is 0 Å². The van der Waals surface area contributed by atoms with Gasteiger partial charge in [0.15, 0.2) is 0 Å². The van der Waals surface area contributed by atoms with Crippen LogP contribution in [0.1, 0.15) is 53.9 Å². The van der Waals surface area contributed by atoms with Gasteiger partial charge in [-0.25, -0.2) is 8.78 Å². The highest BCUT2D eigenvalue weighted by Crippen LogP contribution is 2.29. The van der Waals surface area contributed by atoms with Gasteiger partial charge in [0.1, 0.15) is 11.6 Å². The molecule has 2 aliphatic heterocycles. The average Bonchev–Trinajstić information content (AvgIpc) is 2.57. The zero-order valence-electron chi connectivity index (χ0n) is 13.1. The molecule has 2 aliphatic rings. The first kappa shape index (κ1) is 18.1. The van der Waals surface area contributed by atoms with Crippen molar-refractivity contribution in [3.8, 4) is 0 Å². The van der Waals surface area contributed by atoms with Crippen molar-refractivity contribution >= 4 is 18.3 Å². The van der Waals surface area contributed by atoms with Crippen molar-refractivity contribution in [1.82, 2.24) is 10.2 Å². The average molecular weight is 345 g/mol. The molecule has 2 fully saturated rings. The van der Waals surface area contributed by atoms with Crippen LogP contribution in [0.15, 0.2) is 12.1 Å². The number of carbonyl (C=O) groups excluding carboxylic acids is 1. The number of rotatable bonds is 2. The van der Waals surface area contributed by atoms with Gasteiger partial charge in [-0.3, -0.25) is 4.79 Å². The number of hydrogen-bond donors (Lipinski definition) is 1. The van der Waals surface area contributed by atoms with Gasteiger partial charge in [-0.15, -0.1) is 12.4 Å². The molecule has 0 saturated carbocycles. The van der Waals surface area contributed by atoms with Gasteiger partial charge in [0.05, 0.1) is 5.56 Å². The van der Waals surface area contributed by atoms with Crippen molar-refractivity contribution in [1.29, 1.82) is 0 Å². The number of nitrogens with one attached hydrogen (secondary N) is 1. The third-order valence-electron chi connectivity index (χ3n) is 4.74. The van der Waals surface area contributed by atoms with Crippen LogP contribution in [0, 0.1) is 11.6 Å². The molecule has 3 rings (SSSR count). The fraction of sp³-hybridized carbons (Fsp3) is 0.588. The van der Waals surface area contributed by atoms with Crippen LogP contribution in [0.25, 0.3) is 0 Å². The van der Waals surface area contributed by atoms with Crippen LogP contribution in [-0.4, -0.2) is 37.0 Å². The topological polar surface area (TPSA) is 32.3 Å². The molecule has 0 radical (unpaired) electrons. The van der Waals surface area contributed by atoms with E-state index in [2.05, 4.69) is 5.32 Å². The van der Waals surface area contributed by atoms with E-state index in [1.807, 2.05) is 0 Å². The molecule has 6 heteroatoms. The molecule has 2 heterocycles. The van der Waals surface area contributed by atoms with Gasteiger partial charge in [0.2, 0.25) is 0 Å². The lowest BCUT2D eigenvalue weighted by Crippen LogP contribution is -2.36. The summed E-state index contributed by atoms with van der Waals surface area (Å²) in [6.45, 7) is 2.91. The van der Waals surface area contributed by atoms with Crippen molar-refractivity contribution in [2.24, 2.45) is 0 Å². The van der Waals surface area contributed by atoms with Crippen LogP contribution in [0.4, 0.5) is 8.78 Å². The van der Waals surface area contributed by atoms with Crippen LogP contribution in [0.3, 0.4) is 0 Å². The summed E-state index contributed by atoms with van der Waals surface area (Å²) in [5.41, 5.74) is 0.284. The molecule has 3 nitrogen and oxygen atoms in total. The highest BCUT2D eigenvalue weighted by atomic mass is 35.5. The third kappa shape index (κ3) is 4.01. The number of benzene rings is 1. The Kier molecular flexibility index (Phi) is 6.36. The minimum absolute atomic E-state index is 0. The summed E-state index contributed by atoms with van der Waals surface area (Å²) in [5, 5.41) is 3.21. The maximum absolute atomic E-state index is 14.4. The quantitative estimate of drug-likeness (QED) is 0.890. The minimum atomic E-state index is -0.592. The van der Waals surface area contributed by atoms with Crippen LogP contribution in [0.2, 0.25) is 0 Å². The third-order valence-corrected chi connectivity index (χ3v) is 4.74. The number of hydrogen-bond acceptors (Lipinski definition) is 2. The molecule has 0 atom stereocenters. The van der Waals surface area contributed by atoms with Crippen molar-refractivity contribution in [2.75, 3.05) is 26.2 Å². The lowest BCUT2D eigenvalue weighted by Gasteiger charge is -2.27. The molecule has 1 amide bonds. The molecule has 1 N–H and O–H groups in total. The number of carbonyl (C=O) groups is 1. The summed E-state index contributed by atoms with van der Waals surface area (Å²) >= 11 is 0. The lowest BCUT2D eigenvalue weighted by atomic mass is 9.89. The van der Waals surface area contributed by atoms with E-state index in [4.69, 9.17) is 0 Å². The smallest absolute Gasteiger partial charge is 0.256 e. The Morgan fingerprint density at radius 1 is 1.04 bits per heavy atom. The van der Waals surface area contributed by atoms with Crippen molar-refractivity contribution in [3.05, 3.63) is 34.9 Å². The summed E-state index contributed by atoms with van der Waals surface area (Å²) in [6.07, 6.45) is 4.56. The molecule has 2 saturated heterocycles. The Morgan fingerprint density at radius 2 is 1.70 bits per heavy atom. The fourth-order valence-corrected chi connectivity index (χ4v) is 3.44. The summed E-state index contributed by atoms with van der Waals surface area (Å²) < 4.78 is 28.7. The van der Waals surface area contributed by atoms with Gasteiger partial charge in [0, 0.05) is 13.1 Å². The van der Waals surface area contributed by atoms with E-state index in [9.17, 15) is 13.6 Å². The van der Waals surface area contributed by atoms with Gasteiger partial charge in [0.25, 0.3) is 5.91 Å². The van der Waals surface area contributed by atoms with E-state index in [-0.39, 0.29) is 29.8 Å². The number of amides is 1. The van der Waals surface area contributed by atoms with Crippen LogP contribution in [0.5, 0.6) is 0 Å². The lowest BCUT2D eigenvalue weighted by molar-refractivity contribution is 0.0719. The normalized spacial score (nSPS) is 19.3. The van der Waals surface area contributed by atoms with E-state index >= 15 is 0 Å². The first-order valence-corrected chi connectivity index (χ1v) is 8.16. The number of halogens is 3. The minimum Gasteiger partial charge on any atom is -0.339 e. The van der Waals surface area contributed by atoms with Gasteiger partial charge in [-0.1, -0.05) is 0 Å². The largest absolute Gasteiger partial charge is 0.339 e. The maximum Gasteiger partial charge on any atom is 0.256 e. The second kappa shape index (κ2) is 8.06. The van der Waals surface area contributed by atoms with Crippen LogP contribution >= 0.6 is 12.4 Å². The molecule has 23 heavy (non-hydrogen) atoms. The summed E-state index contributed by atoms with van der Waals surface area (Å²) in [5.74, 6) is -1.39. The Morgan fingerprint density at radius 3 is 2.35 bits per heavy atom. The molecule has 1 aromatic carbocycles. The molecular formula is C17H23ClF2N2O.